The summed E-state index contributed by atoms with van der Waals surface area (Å²) in [5.41, 5.74) is 3.11. The Morgan fingerprint density at radius 3 is 2.40 bits per heavy atom. The first kappa shape index (κ1) is 19.4. The van der Waals surface area contributed by atoms with E-state index in [0.29, 0.717) is 23.4 Å². The van der Waals surface area contributed by atoms with Gasteiger partial charge < -0.3 is 10.6 Å². The van der Waals surface area contributed by atoms with Crippen LogP contribution in [0, 0.1) is 10.5 Å². The highest BCUT2D eigenvalue weighted by Crippen LogP contribution is 2.18. The lowest BCUT2D eigenvalue weighted by atomic mass is 10.1. The molecule has 2 amide bonds. The van der Waals surface area contributed by atoms with E-state index in [2.05, 4.69) is 40.1 Å². The van der Waals surface area contributed by atoms with Crippen LogP contribution in [0.25, 0.3) is 0 Å². The van der Waals surface area contributed by atoms with Gasteiger partial charge in [0.05, 0.1) is 0 Å². The van der Waals surface area contributed by atoms with Gasteiger partial charge >= 0.3 is 0 Å². The van der Waals surface area contributed by atoms with Gasteiger partial charge in [0.1, 0.15) is 0 Å². The SMILES string of the molecule is CCCCCC(=O)Nc1cccc(NC(=O)c2ccc(C)c(I)c2)c1. The maximum absolute atomic E-state index is 12.4. The number of anilines is 2. The second-order valence-electron chi connectivity index (χ2n) is 6.00. The number of unbranched alkanes of at least 4 members (excludes halogenated alkanes) is 2. The van der Waals surface area contributed by atoms with Crippen molar-refractivity contribution in [3.05, 3.63) is 57.2 Å². The van der Waals surface area contributed by atoms with Crippen molar-refractivity contribution in [2.45, 2.75) is 39.5 Å². The van der Waals surface area contributed by atoms with Gasteiger partial charge in [-0.2, -0.15) is 0 Å². The predicted molar refractivity (Wildman–Crippen MR) is 111 cm³/mol. The molecule has 0 bridgehead atoms. The third-order valence-electron chi connectivity index (χ3n) is 3.85. The molecule has 25 heavy (non-hydrogen) atoms. The van der Waals surface area contributed by atoms with Crippen molar-refractivity contribution in [1.82, 2.24) is 0 Å². The highest BCUT2D eigenvalue weighted by atomic mass is 127. The van der Waals surface area contributed by atoms with E-state index in [0.717, 1.165) is 28.4 Å². The van der Waals surface area contributed by atoms with Crippen molar-refractivity contribution in [2.75, 3.05) is 10.6 Å². The van der Waals surface area contributed by atoms with E-state index in [4.69, 9.17) is 0 Å². The van der Waals surface area contributed by atoms with Gasteiger partial charge in [0.15, 0.2) is 0 Å². The Hall–Kier alpha value is -1.89. The molecule has 4 nitrogen and oxygen atoms in total. The normalized spacial score (nSPS) is 10.4. The van der Waals surface area contributed by atoms with E-state index in [1.54, 1.807) is 6.07 Å². The summed E-state index contributed by atoms with van der Waals surface area (Å²) in [6.45, 7) is 4.12. The van der Waals surface area contributed by atoms with Crippen molar-refractivity contribution < 1.29 is 9.59 Å². The molecule has 5 heteroatoms. The van der Waals surface area contributed by atoms with Crippen LogP contribution in [0.5, 0.6) is 0 Å². The smallest absolute Gasteiger partial charge is 0.255 e. The van der Waals surface area contributed by atoms with Crippen molar-refractivity contribution in [3.8, 4) is 0 Å². The van der Waals surface area contributed by atoms with E-state index in [1.165, 1.54) is 0 Å². The number of hydrogen-bond acceptors (Lipinski definition) is 2. The summed E-state index contributed by atoms with van der Waals surface area (Å²) >= 11 is 2.22. The largest absolute Gasteiger partial charge is 0.326 e. The molecule has 0 heterocycles. The Labute approximate surface area is 162 Å². The molecular weight excluding hydrogens is 427 g/mol. The minimum Gasteiger partial charge on any atom is -0.326 e. The Morgan fingerprint density at radius 1 is 1.00 bits per heavy atom. The van der Waals surface area contributed by atoms with Gasteiger partial charge in [-0.25, -0.2) is 0 Å². The highest BCUT2D eigenvalue weighted by Gasteiger charge is 2.09. The van der Waals surface area contributed by atoms with Gasteiger partial charge in [-0.15, -0.1) is 0 Å². The molecule has 2 N–H and O–H groups in total. The Balaban J connectivity index is 1.99. The van der Waals surface area contributed by atoms with Gasteiger partial charge in [-0.1, -0.05) is 31.9 Å². The van der Waals surface area contributed by atoms with E-state index in [1.807, 2.05) is 43.3 Å². The minimum absolute atomic E-state index is 0.00464. The average Bonchev–Trinajstić information content (AvgIpc) is 2.58. The molecule has 0 aliphatic heterocycles. The second-order valence-corrected chi connectivity index (χ2v) is 7.17. The molecule has 0 unspecified atom stereocenters. The summed E-state index contributed by atoms with van der Waals surface area (Å²) in [7, 11) is 0. The maximum Gasteiger partial charge on any atom is 0.255 e. The highest BCUT2D eigenvalue weighted by molar-refractivity contribution is 14.1. The summed E-state index contributed by atoms with van der Waals surface area (Å²) in [6, 6.07) is 12.8. The van der Waals surface area contributed by atoms with Crippen LogP contribution < -0.4 is 10.6 Å². The quantitative estimate of drug-likeness (QED) is 0.440. The van der Waals surface area contributed by atoms with Crippen LogP contribution in [-0.4, -0.2) is 11.8 Å². The molecule has 0 fully saturated rings. The molecule has 0 aliphatic carbocycles. The van der Waals surface area contributed by atoms with Crippen LogP contribution in [0.4, 0.5) is 11.4 Å². The third-order valence-corrected chi connectivity index (χ3v) is 5.01. The zero-order valence-electron chi connectivity index (χ0n) is 14.6. The fourth-order valence-corrected chi connectivity index (χ4v) is 2.89. The second kappa shape index (κ2) is 9.56. The lowest BCUT2D eigenvalue weighted by Gasteiger charge is -2.09. The first-order valence-electron chi connectivity index (χ1n) is 8.47. The molecule has 0 aliphatic rings. The van der Waals surface area contributed by atoms with Crippen molar-refractivity contribution in [3.63, 3.8) is 0 Å². The van der Waals surface area contributed by atoms with E-state index < -0.39 is 0 Å². The van der Waals surface area contributed by atoms with Crippen molar-refractivity contribution in [1.29, 1.82) is 0 Å². The molecule has 0 saturated heterocycles. The summed E-state index contributed by atoms with van der Waals surface area (Å²) in [5.74, 6) is -0.158. The molecule has 0 radical (unpaired) electrons. The zero-order chi connectivity index (χ0) is 18.2. The predicted octanol–water partition coefficient (Wildman–Crippen LogP) is 5.37. The van der Waals surface area contributed by atoms with Crippen LogP contribution in [0.2, 0.25) is 0 Å². The van der Waals surface area contributed by atoms with Crippen LogP contribution in [0.1, 0.15) is 48.5 Å². The van der Waals surface area contributed by atoms with Gasteiger partial charge in [-0.3, -0.25) is 9.59 Å². The van der Waals surface area contributed by atoms with Gasteiger partial charge in [0.2, 0.25) is 5.91 Å². The molecular formula is C20H23IN2O2. The summed E-state index contributed by atoms with van der Waals surface area (Å²) in [4.78, 5) is 24.3. The van der Waals surface area contributed by atoms with Crippen molar-refractivity contribution >= 4 is 45.8 Å². The number of amides is 2. The number of nitrogens with one attached hydrogen (secondary N) is 2. The van der Waals surface area contributed by atoms with Crippen LogP contribution >= 0.6 is 22.6 Å². The molecule has 0 atom stereocenters. The molecule has 132 valence electrons. The van der Waals surface area contributed by atoms with Gasteiger partial charge in [0.25, 0.3) is 5.91 Å². The van der Waals surface area contributed by atoms with Crippen molar-refractivity contribution in [2.24, 2.45) is 0 Å². The average molecular weight is 450 g/mol. The number of aryl methyl sites for hydroxylation is 1. The Bertz CT molecular complexity index is 759. The Kier molecular flexibility index (Phi) is 7.43. The fourth-order valence-electron chi connectivity index (χ4n) is 2.37. The lowest BCUT2D eigenvalue weighted by molar-refractivity contribution is -0.116. The van der Waals surface area contributed by atoms with Crippen LogP contribution in [0.3, 0.4) is 0 Å². The zero-order valence-corrected chi connectivity index (χ0v) is 16.7. The van der Waals surface area contributed by atoms with Gasteiger partial charge in [0, 0.05) is 26.9 Å². The molecule has 0 saturated carbocycles. The molecule has 2 aromatic carbocycles. The lowest BCUT2D eigenvalue weighted by Crippen LogP contribution is -2.14. The number of benzene rings is 2. The maximum atomic E-state index is 12.4. The number of rotatable bonds is 7. The molecule has 2 rings (SSSR count). The number of hydrogen-bond donors (Lipinski definition) is 2. The molecule has 2 aromatic rings. The fraction of sp³-hybridized carbons (Fsp3) is 0.300. The number of halogens is 1. The molecule has 0 spiro atoms. The number of carbonyl (C=O) groups excluding carboxylic acids is 2. The topological polar surface area (TPSA) is 58.2 Å². The van der Waals surface area contributed by atoms with Gasteiger partial charge in [-0.05, 0) is 71.8 Å². The summed E-state index contributed by atoms with van der Waals surface area (Å²) < 4.78 is 1.05. The van der Waals surface area contributed by atoms with Crippen LogP contribution in [-0.2, 0) is 4.79 Å². The van der Waals surface area contributed by atoms with E-state index in [-0.39, 0.29) is 11.8 Å². The summed E-state index contributed by atoms with van der Waals surface area (Å²) in [6.07, 6.45) is 3.56. The molecule has 0 aromatic heterocycles. The van der Waals surface area contributed by atoms with E-state index in [9.17, 15) is 9.59 Å². The number of carbonyl (C=O) groups is 2. The summed E-state index contributed by atoms with van der Waals surface area (Å²) in [5, 5.41) is 5.76. The standard InChI is InChI=1S/C20H23IN2O2/c1-3-4-5-9-19(24)22-16-7-6-8-17(13-16)23-20(25)15-11-10-14(2)18(21)12-15/h6-8,10-13H,3-5,9H2,1-2H3,(H,22,24)(H,23,25). The Morgan fingerprint density at radius 2 is 1.72 bits per heavy atom. The first-order valence-corrected chi connectivity index (χ1v) is 9.55. The van der Waals surface area contributed by atoms with Crippen LogP contribution in [0.15, 0.2) is 42.5 Å². The van der Waals surface area contributed by atoms with E-state index >= 15 is 0 Å². The minimum atomic E-state index is -0.163. The monoisotopic (exact) mass is 450 g/mol. The first-order chi connectivity index (χ1) is 12.0. The third kappa shape index (κ3) is 6.16.